The first-order valence-electron chi connectivity index (χ1n) is 6.59. The third kappa shape index (κ3) is 5.28. The molecule has 3 nitrogen and oxygen atoms in total. The van der Waals surface area contributed by atoms with Gasteiger partial charge in [-0.25, -0.2) is 0 Å². The van der Waals surface area contributed by atoms with Gasteiger partial charge in [-0.1, -0.05) is 6.92 Å². The highest BCUT2D eigenvalue weighted by Gasteiger charge is 2.32. The summed E-state index contributed by atoms with van der Waals surface area (Å²) < 4.78 is 11.1. The van der Waals surface area contributed by atoms with Gasteiger partial charge in [0.1, 0.15) is 0 Å². The predicted octanol–water partition coefficient (Wildman–Crippen LogP) is 2.36. The summed E-state index contributed by atoms with van der Waals surface area (Å²) in [5.41, 5.74) is 0. The van der Waals surface area contributed by atoms with E-state index in [1.54, 1.807) is 0 Å². The highest BCUT2D eigenvalue weighted by molar-refractivity contribution is 4.84. The molecule has 0 bridgehead atoms. The van der Waals surface area contributed by atoms with Crippen LogP contribution in [0.25, 0.3) is 0 Å². The molecular formula is C13H27NO2. The zero-order valence-electron chi connectivity index (χ0n) is 11.2. The molecule has 0 amide bonds. The quantitative estimate of drug-likeness (QED) is 0.567. The second-order valence-corrected chi connectivity index (χ2v) is 4.86. The van der Waals surface area contributed by atoms with Crippen LogP contribution >= 0.6 is 0 Å². The molecule has 2 unspecified atom stereocenters. The van der Waals surface area contributed by atoms with Gasteiger partial charge in [-0.3, -0.25) is 0 Å². The van der Waals surface area contributed by atoms with Crippen LogP contribution in [0.4, 0.5) is 0 Å². The molecule has 1 aliphatic carbocycles. The van der Waals surface area contributed by atoms with Gasteiger partial charge in [0.15, 0.2) is 6.29 Å². The van der Waals surface area contributed by atoms with Crippen molar-refractivity contribution in [2.75, 3.05) is 33.4 Å². The van der Waals surface area contributed by atoms with Gasteiger partial charge in [0.25, 0.3) is 0 Å². The molecule has 1 rings (SSSR count). The average molecular weight is 229 g/mol. The van der Waals surface area contributed by atoms with Gasteiger partial charge in [0.2, 0.25) is 0 Å². The van der Waals surface area contributed by atoms with Crippen LogP contribution in [-0.4, -0.2) is 44.5 Å². The minimum absolute atomic E-state index is 0.0194. The standard InChI is InChI=1S/C13H27NO2/c1-5-15-13(16-6-2)7-8-14(4)10-12-9-11(12)3/h11-13H,5-10H2,1-4H3. The lowest BCUT2D eigenvalue weighted by Gasteiger charge is -2.21. The van der Waals surface area contributed by atoms with Gasteiger partial charge >= 0.3 is 0 Å². The summed E-state index contributed by atoms with van der Waals surface area (Å²) in [6.07, 6.45) is 2.36. The first-order chi connectivity index (χ1) is 7.67. The Morgan fingerprint density at radius 2 is 1.81 bits per heavy atom. The van der Waals surface area contributed by atoms with Crippen molar-refractivity contribution in [3.8, 4) is 0 Å². The zero-order valence-corrected chi connectivity index (χ0v) is 11.2. The van der Waals surface area contributed by atoms with Gasteiger partial charge in [-0.05, 0) is 39.2 Å². The highest BCUT2D eigenvalue weighted by atomic mass is 16.7. The summed E-state index contributed by atoms with van der Waals surface area (Å²) in [4.78, 5) is 2.40. The molecule has 1 saturated carbocycles. The Labute approximate surface area is 100 Å². The summed E-state index contributed by atoms with van der Waals surface area (Å²) in [5, 5.41) is 0. The molecule has 0 spiro atoms. The first kappa shape index (κ1) is 13.9. The van der Waals surface area contributed by atoms with Crippen molar-refractivity contribution in [1.29, 1.82) is 0 Å². The average Bonchev–Trinajstić information content (AvgIpc) is 2.91. The fraction of sp³-hybridized carbons (Fsp3) is 1.00. The Bertz CT molecular complexity index is 181. The largest absolute Gasteiger partial charge is 0.353 e. The molecule has 2 atom stereocenters. The van der Waals surface area contributed by atoms with Crippen LogP contribution < -0.4 is 0 Å². The smallest absolute Gasteiger partial charge is 0.158 e. The van der Waals surface area contributed by atoms with Crippen molar-refractivity contribution in [3.63, 3.8) is 0 Å². The number of rotatable bonds is 9. The summed E-state index contributed by atoms with van der Waals surface area (Å²) in [6, 6.07) is 0. The normalized spacial score (nSPS) is 24.4. The number of hydrogen-bond donors (Lipinski definition) is 0. The molecule has 1 aliphatic rings. The van der Waals surface area contributed by atoms with Gasteiger partial charge in [0, 0.05) is 32.7 Å². The Morgan fingerprint density at radius 3 is 2.25 bits per heavy atom. The Kier molecular flexibility index (Phi) is 6.32. The zero-order chi connectivity index (χ0) is 12.0. The highest BCUT2D eigenvalue weighted by Crippen LogP contribution is 2.37. The Hall–Kier alpha value is -0.120. The fourth-order valence-corrected chi connectivity index (χ4v) is 2.06. The second-order valence-electron chi connectivity index (χ2n) is 4.86. The Balaban J connectivity index is 2.09. The fourth-order valence-electron chi connectivity index (χ4n) is 2.06. The van der Waals surface area contributed by atoms with E-state index in [9.17, 15) is 0 Å². The molecule has 0 aromatic carbocycles. The number of nitrogens with zero attached hydrogens (tertiary/aromatic N) is 1. The van der Waals surface area contributed by atoms with Crippen molar-refractivity contribution < 1.29 is 9.47 Å². The summed E-state index contributed by atoms with van der Waals surface area (Å²) >= 11 is 0. The van der Waals surface area contributed by atoms with E-state index < -0.39 is 0 Å². The van der Waals surface area contributed by atoms with Crippen LogP contribution in [-0.2, 0) is 9.47 Å². The lowest BCUT2D eigenvalue weighted by atomic mass is 10.3. The van der Waals surface area contributed by atoms with Gasteiger partial charge in [-0.15, -0.1) is 0 Å². The molecule has 0 saturated heterocycles. The van der Waals surface area contributed by atoms with Gasteiger partial charge < -0.3 is 14.4 Å². The van der Waals surface area contributed by atoms with Crippen molar-refractivity contribution >= 4 is 0 Å². The third-order valence-corrected chi connectivity index (χ3v) is 3.27. The predicted molar refractivity (Wildman–Crippen MR) is 66.4 cm³/mol. The molecule has 1 fully saturated rings. The third-order valence-electron chi connectivity index (χ3n) is 3.27. The number of hydrogen-bond acceptors (Lipinski definition) is 3. The van der Waals surface area contributed by atoms with Crippen molar-refractivity contribution in [1.82, 2.24) is 4.90 Å². The maximum atomic E-state index is 5.53. The number of ether oxygens (including phenoxy) is 2. The topological polar surface area (TPSA) is 21.7 Å². The first-order valence-corrected chi connectivity index (χ1v) is 6.59. The van der Waals surface area contributed by atoms with E-state index >= 15 is 0 Å². The van der Waals surface area contributed by atoms with Gasteiger partial charge in [0.05, 0.1) is 0 Å². The molecular weight excluding hydrogens is 202 g/mol. The SMILES string of the molecule is CCOC(CCN(C)CC1CC1C)OCC. The molecule has 0 heterocycles. The molecule has 16 heavy (non-hydrogen) atoms. The maximum Gasteiger partial charge on any atom is 0.158 e. The summed E-state index contributed by atoms with van der Waals surface area (Å²) in [5.74, 6) is 1.87. The maximum absolute atomic E-state index is 5.53. The lowest BCUT2D eigenvalue weighted by molar-refractivity contribution is -0.141. The van der Waals surface area contributed by atoms with Crippen LogP contribution in [0.3, 0.4) is 0 Å². The molecule has 0 radical (unpaired) electrons. The molecule has 0 N–H and O–H groups in total. The van der Waals surface area contributed by atoms with E-state index in [2.05, 4.69) is 18.9 Å². The van der Waals surface area contributed by atoms with Crippen LogP contribution in [0.15, 0.2) is 0 Å². The van der Waals surface area contributed by atoms with E-state index in [1.807, 2.05) is 13.8 Å². The second kappa shape index (κ2) is 7.25. The van der Waals surface area contributed by atoms with E-state index in [0.29, 0.717) is 0 Å². The summed E-state index contributed by atoms with van der Waals surface area (Å²) in [7, 11) is 2.19. The molecule has 0 aromatic rings. The minimum Gasteiger partial charge on any atom is -0.353 e. The van der Waals surface area contributed by atoms with Crippen LogP contribution in [0.1, 0.15) is 33.6 Å². The van der Waals surface area contributed by atoms with Crippen LogP contribution in [0, 0.1) is 11.8 Å². The van der Waals surface area contributed by atoms with Crippen LogP contribution in [0.5, 0.6) is 0 Å². The van der Waals surface area contributed by atoms with Crippen molar-refractivity contribution in [2.24, 2.45) is 11.8 Å². The summed E-state index contributed by atoms with van der Waals surface area (Å²) in [6.45, 7) is 10.1. The molecule has 96 valence electrons. The van der Waals surface area contributed by atoms with E-state index in [1.165, 1.54) is 13.0 Å². The Morgan fingerprint density at radius 1 is 1.25 bits per heavy atom. The van der Waals surface area contributed by atoms with Crippen molar-refractivity contribution in [3.05, 3.63) is 0 Å². The van der Waals surface area contributed by atoms with E-state index in [0.717, 1.165) is 38.0 Å². The minimum atomic E-state index is -0.0194. The van der Waals surface area contributed by atoms with E-state index in [-0.39, 0.29) is 6.29 Å². The monoisotopic (exact) mass is 229 g/mol. The lowest BCUT2D eigenvalue weighted by Crippen LogP contribution is -2.28. The van der Waals surface area contributed by atoms with Crippen LogP contribution in [0.2, 0.25) is 0 Å². The van der Waals surface area contributed by atoms with E-state index in [4.69, 9.17) is 9.47 Å². The molecule has 3 heteroatoms. The molecule has 0 aliphatic heterocycles. The molecule has 0 aromatic heterocycles. The van der Waals surface area contributed by atoms with Gasteiger partial charge in [-0.2, -0.15) is 0 Å². The van der Waals surface area contributed by atoms with Crippen molar-refractivity contribution in [2.45, 2.75) is 39.9 Å².